The van der Waals surface area contributed by atoms with Gasteiger partial charge in [-0.1, -0.05) is 12.1 Å². The molecule has 0 aromatic heterocycles. The van der Waals surface area contributed by atoms with E-state index in [0.717, 1.165) is 16.9 Å². The summed E-state index contributed by atoms with van der Waals surface area (Å²) < 4.78 is 22.7. The molecule has 3 aromatic carbocycles. The summed E-state index contributed by atoms with van der Waals surface area (Å²) in [6.07, 6.45) is 2.78. The van der Waals surface area contributed by atoms with Crippen molar-refractivity contribution in [2.24, 2.45) is 5.73 Å². The third kappa shape index (κ3) is 5.71. The van der Waals surface area contributed by atoms with E-state index in [-0.39, 0.29) is 23.0 Å². The van der Waals surface area contributed by atoms with E-state index in [1.807, 2.05) is 54.8 Å². The average molecular weight is 469 g/mol. The molecule has 0 saturated carbocycles. The molecule has 3 N–H and O–H groups in total. The molecule has 3 rings (SSSR count). The Labute approximate surface area is 198 Å². The standard InChI is InChI=1S/C25H28N2O5S/c1-29-22-20(25(28)27-17-7-11-19(33-4)12-8-17)15-21(23(30-2)24(22)31-3)32-18-9-5-16(6-10-18)13-14-26/h5-12,15H,13-14,26H2,1-4H3,(H,27,28). The van der Waals surface area contributed by atoms with Gasteiger partial charge >= 0.3 is 0 Å². The van der Waals surface area contributed by atoms with E-state index < -0.39 is 0 Å². The lowest BCUT2D eigenvalue weighted by atomic mass is 10.1. The summed E-state index contributed by atoms with van der Waals surface area (Å²) in [5.74, 6) is 1.37. The molecule has 0 heterocycles. The van der Waals surface area contributed by atoms with Crippen LogP contribution in [0.1, 0.15) is 15.9 Å². The van der Waals surface area contributed by atoms with E-state index in [9.17, 15) is 4.79 Å². The lowest BCUT2D eigenvalue weighted by Crippen LogP contribution is -2.14. The number of rotatable bonds is 10. The van der Waals surface area contributed by atoms with Crippen LogP contribution in [0.3, 0.4) is 0 Å². The van der Waals surface area contributed by atoms with Gasteiger partial charge in [0.15, 0.2) is 11.5 Å². The monoisotopic (exact) mass is 468 g/mol. The first kappa shape index (κ1) is 24.3. The number of nitrogens with one attached hydrogen (secondary N) is 1. The topological polar surface area (TPSA) is 92.0 Å². The summed E-state index contributed by atoms with van der Waals surface area (Å²) in [5.41, 5.74) is 7.64. The largest absolute Gasteiger partial charge is 0.492 e. The summed E-state index contributed by atoms with van der Waals surface area (Å²) in [6.45, 7) is 0.572. The number of methoxy groups -OCH3 is 3. The zero-order chi connectivity index (χ0) is 23.8. The van der Waals surface area contributed by atoms with Crippen LogP contribution in [0.5, 0.6) is 28.7 Å². The summed E-state index contributed by atoms with van der Waals surface area (Å²) in [7, 11) is 4.45. The van der Waals surface area contributed by atoms with Crippen LogP contribution < -0.4 is 30.0 Å². The molecule has 0 aliphatic heterocycles. The number of carbonyl (C=O) groups excluding carboxylic acids is 1. The van der Waals surface area contributed by atoms with Crippen LogP contribution in [0.15, 0.2) is 59.5 Å². The SMILES string of the molecule is COc1c(Oc2ccc(CCN)cc2)cc(C(=O)Nc2ccc(SC)cc2)c(OC)c1OC. The normalized spacial score (nSPS) is 10.5. The number of benzene rings is 3. The highest BCUT2D eigenvalue weighted by atomic mass is 32.2. The first-order valence-electron chi connectivity index (χ1n) is 10.3. The van der Waals surface area contributed by atoms with Gasteiger partial charge in [-0.3, -0.25) is 4.79 Å². The zero-order valence-corrected chi connectivity index (χ0v) is 20.0. The molecule has 0 aliphatic carbocycles. The van der Waals surface area contributed by atoms with Crippen molar-refractivity contribution in [2.45, 2.75) is 11.3 Å². The Bertz CT molecular complexity index is 1090. The van der Waals surface area contributed by atoms with Crippen LogP contribution in [0.2, 0.25) is 0 Å². The van der Waals surface area contributed by atoms with Crippen molar-refractivity contribution in [2.75, 3.05) is 39.4 Å². The highest BCUT2D eigenvalue weighted by Gasteiger charge is 2.26. The molecule has 0 atom stereocenters. The van der Waals surface area contributed by atoms with Gasteiger partial charge in [0.2, 0.25) is 11.5 Å². The number of nitrogens with two attached hydrogens (primary N) is 1. The molecule has 0 bridgehead atoms. The minimum Gasteiger partial charge on any atom is -0.492 e. The summed E-state index contributed by atoms with van der Waals surface area (Å²) in [5, 5.41) is 2.89. The van der Waals surface area contributed by atoms with Crippen LogP contribution in [0.25, 0.3) is 0 Å². The van der Waals surface area contributed by atoms with Crippen molar-refractivity contribution in [1.29, 1.82) is 0 Å². The fraction of sp³-hybridized carbons (Fsp3) is 0.240. The van der Waals surface area contributed by atoms with Crippen molar-refractivity contribution < 1.29 is 23.7 Å². The molecule has 7 nitrogen and oxygen atoms in total. The molecule has 0 saturated heterocycles. The quantitative estimate of drug-likeness (QED) is 0.406. The summed E-state index contributed by atoms with van der Waals surface area (Å²) in [4.78, 5) is 14.3. The maximum absolute atomic E-state index is 13.2. The molecule has 1 amide bonds. The van der Waals surface area contributed by atoms with E-state index in [0.29, 0.717) is 29.5 Å². The van der Waals surface area contributed by atoms with Gasteiger partial charge in [-0.25, -0.2) is 0 Å². The Morgan fingerprint density at radius 2 is 1.55 bits per heavy atom. The van der Waals surface area contributed by atoms with Gasteiger partial charge in [-0.15, -0.1) is 11.8 Å². The Kier molecular flexibility index (Phi) is 8.46. The molecule has 0 radical (unpaired) electrons. The minimum atomic E-state index is -0.368. The number of anilines is 1. The Morgan fingerprint density at radius 1 is 0.909 bits per heavy atom. The third-order valence-corrected chi connectivity index (χ3v) is 5.69. The van der Waals surface area contributed by atoms with Crippen molar-refractivity contribution in [3.05, 3.63) is 65.7 Å². The third-order valence-electron chi connectivity index (χ3n) is 4.95. The Balaban J connectivity index is 1.98. The average Bonchev–Trinajstić information content (AvgIpc) is 2.84. The highest BCUT2D eigenvalue weighted by molar-refractivity contribution is 7.98. The van der Waals surface area contributed by atoms with Gasteiger partial charge in [0, 0.05) is 16.6 Å². The van der Waals surface area contributed by atoms with Crippen LogP contribution in [0.4, 0.5) is 5.69 Å². The number of hydrogen-bond donors (Lipinski definition) is 2. The van der Waals surface area contributed by atoms with Gasteiger partial charge in [-0.05, 0) is 61.2 Å². The predicted octanol–water partition coefficient (Wildman–Crippen LogP) is 4.98. The van der Waals surface area contributed by atoms with Gasteiger partial charge in [-0.2, -0.15) is 0 Å². The molecule has 0 fully saturated rings. The predicted molar refractivity (Wildman–Crippen MR) is 132 cm³/mol. The molecule has 8 heteroatoms. The molecule has 0 spiro atoms. The van der Waals surface area contributed by atoms with Crippen LogP contribution in [-0.4, -0.2) is 40.0 Å². The second-order valence-electron chi connectivity index (χ2n) is 6.99. The molecule has 3 aromatic rings. The van der Waals surface area contributed by atoms with Crippen LogP contribution in [-0.2, 0) is 6.42 Å². The molecular formula is C25H28N2O5S. The van der Waals surface area contributed by atoms with Gasteiger partial charge < -0.3 is 30.0 Å². The second-order valence-corrected chi connectivity index (χ2v) is 7.87. The lowest BCUT2D eigenvalue weighted by molar-refractivity contribution is 0.102. The highest BCUT2D eigenvalue weighted by Crippen LogP contribution is 2.48. The summed E-state index contributed by atoms with van der Waals surface area (Å²) >= 11 is 1.63. The lowest BCUT2D eigenvalue weighted by Gasteiger charge is -2.19. The first-order chi connectivity index (χ1) is 16.0. The van der Waals surface area contributed by atoms with Crippen molar-refractivity contribution in [1.82, 2.24) is 0 Å². The fourth-order valence-electron chi connectivity index (χ4n) is 3.32. The number of ether oxygens (including phenoxy) is 4. The molecule has 174 valence electrons. The van der Waals surface area contributed by atoms with Crippen LogP contribution in [0, 0.1) is 0 Å². The molecule has 33 heavy (non-hydrogen) atoms. The van der Waals surface area contributed by atoms with E-state index in [4.69, 9.17) is 24.7 Å². The van der Waals surface area contributed by atoms with E-state index in [2.05, 4.69) is 5.32 Å². The van der Waals surface area contributed by atoms with Crippen molar-refractivity contribution in [3.63, 3.8) is 0 Å². The second kappa shape index (κ2) is 11.5. The Hall–Kier alpha value is -3.36. The number of hydrogen-bond acceptors (Lipinski definition) is 7. The smallest absolute Gasteiger partial charge is 0.259 e. The minimum absolute atomic E-state index is 0.248. The fourth-order valence-corrected chi connectivity index (χ4v) is 3.72. The molecule has 0 aliphatic rings. The van der Waals surface area contributed by atoms with Crippen LogP contribution >= 0.6 is 11.8 Å². The molecule has 0 unspecified atom stereocenters. The maximum Gasteiger partial charge on any atom is 0.259 e. The first-order valence-corrected chi connectivity index (χ1v) is 11.5. The maximum atomic E-state index is 13.2. The van der Waals surface area contributed by atoms with Crippen molar-refractivity contribution >= 4 is 23.4 Å². The number of amides is 1. The van der Waals surface area contributed by atoms with E-state index in [1.165, 1.54) is 21.3 Å². The molecular weight excluding hydrogens is 440 g/mol. The zero-order valence-electron chi connectivity index (χ0n) is 19.1. The number of thioether (sulfide) groups is 1. The van der Waals surface area contributed by atoms with Gasteiger partial charge in [0.25, 0.3) is 5.91 Å². The summed E-state index contributed by atoms with van der Waals surface area (Å²) in [6, 6.07) is 16.7. The Morgan fingerprint density at radius 3 is 2.09 bits per heavy atom. The number of carbonyl (C=O) groups is 1. The van der Waals surface area contributed by atoms with E-state index >= 15 is 0 Å². The van der Waals surface area contributed by atoms with Gasteiger partial charge in [0.05, 0.1) is 26.9 Å². The van der Waals surface area contributed by atoms with Crippen molar-refractivity contribution in [3.8, 4) is 28.7 Å². The van der Waals surface area contributed by atoms with E-state index in [1.54, 1.807) is 17.8 Å². The van der Waals surface area contributed by atoms with Gasteiger partial charge in [0.1, 0.15) is 5.75 Å².